The van der Waals surface area contributed by atoms with Crippen molar-refractivity contribution in [2.24, 2.45) is 0 Å². The smallest absolute Gasteiger partial charge is 0.164 e. The second-order valence-electron chi connectivity index (χ2n) is 5.42. The van der Waals surface area contributed by atoms with E-state index in [4.69, 9.17) is 9.47 Å². The van der Waals surface area contributed by atoms with Gasteiger partial charge in [-0.15, -0.1) is 0 Å². The number of ether oxygens (including phenoxy) is 2. The van der Waals surface area contributed by atoms with Crippen molar-refractivity contribution in [3.8, 4) is 5.75 Å². The lowest BCUT2D eigenvalue weighted by Gasteiger charge is -2.26. The molecule has 0 N–H and O–H groups in total. The van der Waals surface area contributed by atoms with Gasteiger partial charge in [0.05, 0.1) is 19.8 Å². The molecular formula is C17H25NO3. The minimum atomic E-state index is 0.213. The summed E-state index contributed by atoms with van der Waals surface area (Å²) in [6.07, 6.45) is 0.564. The van der Waals surface area contributed by atoms with Crippen molar-refractivity contribution in [2.45, 2.75) is 27.2 Å². The molecule has 1 fully saturated rings. The van der Waals surface area contributed by atoms with E-state index in [0.717, 1.165) is 55.3 Å². The van der Waals surface area contributed by atoms with Crippen molar-refractivity contribution in [2.75, 3.05) is 39.5 Å². The Balaban J connectivity index is 2.00. The summed E-state index contributed by atoms with van der Waals surface area (Å²) in [6.45, 7) is 10.8. The van der Waals surface area contributed by atoms with Crippen LogP contribution in [0.15, 0.2) is 12.1 Å². The topological polar surface area (TPSA) is 38.8 Å². The van der Waals surface area contributed by atoms with Gasteiger partial charge in [-0.05, 0) is 44.0 Å². The standard InChI is InChI=1S/C17H25NO3/c1-4-21-17-6-5-15(13(2)14(17)3)16(19)7-8-18-9-11-20-12-10-18/h5-6H,4,7-12H2,1-3H3. The third-order valence-corrected chi connectivity index (χ3v) is 4.10. The zero-order valence-corrected chi connectivity index (χ0v) is 13.3. The normalized spacial score (nSPS) is 16.0. The zero-order valence-electron chi connectivity index (χ0n) is 13.3. The van der Waals surface area contributed by atoms with Crippen molar-refractivity contribution in [1.29, 1.82) is 0 Å². The molecule has 1 heterocycles. The molecule has 0 atom stereocenters. The van der Waals surface area contributed by atoms with Crippen LogP contribution in [0.25, 0.3) is 0 Å². The average molecular weight is 291 g/mol. The van der Waals surface area contributed by atoms with Crippen molar-refractivity contribution >= 4 is 5.78 Å². The van der Waals surface area contributed by atoms with E-state index in [9.17, 15) is 4.79 Å². The molecule has 116 valence electrons. The van der Waals surface area contributed by atoms with E-state index < -0.39 is 0 Å². The highest BCUT2D eigenvalue weighted by molar-refractivity contribution is 5.98. The van der Waals surface area contributed by atoms with Gasteiger partial charge >= 0.3 is 0 Å². The summed E-state index contributed by atoms with van der Waals surface area (Å²) < 4.78 is 10.9. The molecule has 4 heteroatoms. The fourth-order valence-electron chi connectivity index (χ4n) is 2.63. The summed E-state index contributed by atoms with van der Waals surface area (Å²) in [5, 5.41) is 0. The van der Waals surface area contributed by atoms with Crippen LogP contribution in [-0.2, 0) is 4.74 Å². The Kier molecular flexibility index (Phi) is 5.76. The van der Waals surface area contributed by atoms with Gasteiger partial charge in [-0.1, -0.05) is 0 Å². The third-order valence-electron chi connectivity index (χ3n) is 4.10. The highest BCUT2D eigenvalue weighted by Gasteiger charge is 2.16. The Labute approximate surface area is 127 Å². The Morgan fingerprint density at radius 2 is 1.95 bits per heavy atom. The number of benzene rings is 1. The number of hydrogen-bond acceptors (Lipinski definition) is 4. The van der Waals surface area contributed by atoms with Crippen molar-refractivity contribution in [3.05, 3.63) is 28.8 Å². The maximum absolute atomic E-state index is 12.4. The number of hydrogen-bond donors (Lipinski definition) is 0. The van der Waals surface area contributed by atoms with Gasteiger partial charge in [-0.3, -0.25) is 9.69 Å². The molecule has 21 heavy (non-hydrogen) atoms. The molecule has 0 radical (unpaired) electrons. The molecule has 0 amide bonds. The maximum Gasteiger partial charge on any atom is 0.164 e. The highest BCUT2D eigenvalue weighted by atomic mass is 16.5. The molecule has 1 saturated heterocycles. The first-order valence-electron chi connectivity index (χ1n) is 7.69. The number of carbonyl (C=O) groups is 1. The van der Waals surface area contributed by atoms with Crippen LogP contribution in [0.3, 0.4) is 0 Å². The van der Waals surface area contributed by atoms with Gasteiger partial charge in [-0.2, -0.15) is 0 Å². The molecule has 1 aromatic rings. The largest absolute Gasteiger partial charge is 0.494 e. The van der Waals surface area contributed by atoms with Gasteiger partial charge in [0.25, 0.3) is 0 Å². The number of ketones is 1. The van der Waals surface area contributed by atoms with E-state index in [-0.39, 0.29) is 5.78 Å². The summed E-state index contributed by atoms with van der Waals surface area (Å²) in [4.78, 5) is 14.7. The lowest BCUT2D eigenvalue weighted by atomic mass is 9.97. The highest BCUT2D eigenvalue weighted by Crippen LogP contribution is 2.25. The van der Waals surface area contributed by atoms with Crippen LogP contribution in [0, 0.1) is 13.8 Å². The monoisotopic (exact) mass is 291 g/mol. The van der Waals surface area contributed by atoms with Gasteiger partial charge in [0, 0.05) is 31.6 Å². The number of rotatable bonds is 6. The summed E-state index contributed by atoms with van der Waals surface area (Å²) in [5.41, 5.74) is 2.92. The molecule has 1 aliphatic rings. The fourth-order valence-corrected chi connectivity index (χ4v) is 2.63. The Bertz CT molecular complexity index is 493. The first kappa shape index (κ1) is 16.0. The number of nitrogens with zero attached hydrogens (tertiary/aromatic N) is 1. The van der Waals surface area contributed by atoms with E-state index in [1.165, 1.54) is 0 Å². The molecule has 0 spiro atoms. The van der Waals surface area contributed by atoms with E-state index in [1.807, 2.05) is 32.9 Å². The van der Waals surface area contributed by atoms with E-state index in [0.29, 0.717) is 13.0 Å². The predicted octanol–water partition coefficient (Wildman–Crippen LogP) is 2.61. The van der Waals surface area contributed by atoms with Gasteiger partial charge in [0.1, 0.15) is 5.75 Å². The summed E-state index contributed by atoms with van der Waals surface area (Å²) in [7, 11) is 0. The molecule has 0 aromatic heterocycles. The van der Waals surface area contributed by atoms with Crippen molar-refractivity contribution < 1.29 is 14.3 Å². The maximum atomic E-state index is 12.4. The molecule has 0 aliphatic carbocycles. The molecular weight excluding hydrogens is 266 g/mol. The first-order chi connectivity index (χ1) is 10.1. The van der Waals surface area contributed by atoms with Crippen LogP contribution in [0.5, 0.6) is 5.75 Å². The molecule has 1 aromatic carbocycles. The Morgan fingerprint density at radius 3 is 2.62 bits per heavy atom. The quantitative estimate of drug-likeness (QED) is 0.755. The van der Waals surface area contributed by atoms with Crippen LogP contribution in [0.4, 0.5) is 0 Å². The van der Waals surface area contributed by atoms with Crippen molar-refractivity contribution in [1.82, 2.24) is 4.90 Å². The van der Waals surface area contributed by atoms with Crippen LogP contribution < -0.4 is 4.74 Å². The first-order valence-corrected chi connectivity index (χ1v) is 7.69. The van der Waals surface area contributed by atoms with E-state index in [1.54, 1.807) is 0 Å². The Morgan fingerprint density at radius 1 is 1.24 bits per heavy atom. The zero-order chi connectivity index (χ0) is 15.2. The van der Waals surface area contributed by atoms with Crippen LogP contribution >= 0.6 is 0 Å². The lowest BCUT2D eigenvalue weighted by molar-refractivity contribution is 0.0370. The number of Topliss-reactive ketones (excluding diaryl/α,β-unsaturated/α-hetero) is 1. The Hall–Kier alpha value is -1.39. The molecule has 4 nitrogen and oxygen atoms in total. The molecule has 2 rings (SSSR count). The second kappa shape index (κ2) is 7.57. The number of carbonyl (C=O) groups excluding carboxylic acids is 1. The van der Waals surface area contributed by atoms with Gasteiger partial charge in [0.2, 0.25) is 0 Å². The van der Waals surface area contributed by atoms with Crippen LogP contribution in [0.2, 0.25) is 0 Å². The summed E-state index contributed by atoms with van der Waals surface area (Å²) in [6, 6.07) is 3.81. The number of morpholine rings is 1. The SMILES string of the molecule is CCOc1ccc(C(=O)CCN2CCOCC2)c(C)c1C. The molecule has 0 saturated carbocycles. The summed E-state index contributed by atoms with van der Waals surface area (Å²) in [5.74, 6) is 1.09. The molecule has 0 unspecified atom stereocenters. The molecule has 0 bridgehead atoms. The van der Waals surface area contributed by atoms with Crippen LogP contribution in [-0.4, -0.2) is 50.1 Å². The van der Waals surface area contributed by atoms with Gasteiger partial charge < -0.3 is 9.47 Å². The minimum Gasteiger partial charge on any atom is -0.494 e. The minimum absolute atomic E-state index is 0.213. The third kappa shape index (κ3) is 4.05. The van der Waals surface area contributed by atoms with Crippen LogP contribution in [0.1, 0.15) is 34.8 Å². The fraction of sp³-hybridized carbons (Fsp3) is 0.588. The second-order valence-corrected chi connectivity index (χ2v) is 5.42. The van der Waals surface area contributed by atoms with Gasteiger partial charge in [0.15, 0.2) is 5.78 Å². The predicted molar refractivity (Wildman–Crippen MR) is 83.3 cm³/mol. The molecule has 1 aliphatic heterocycles. The van der Waals surface area contributed by atoms with E-state index >= 15 is 0 Å². The van der Waals surface area contributed by atoms with Gasteiger partial charge in [-0.25, -0.2) is 0 Å². The summed E-state index contributed by atoms with van der Waals surface area (Å²) >= 11 is 0. The van der Waals surface area contributed by atoms with Crippen molar-refractivity contribution in [3.63, 3.8) is 0 Å². The van der Waals surface area contributed by atoms with E-state index in [2.05, 4.69) is 4.90 Å². The lowest BCUT2D eigenvalue weighted by Crippen LogP contribution is -2.37. The average Bonchev–Trinajstić information content (AvgIpc) is 2.51.